The highest BCUT2D eigenvalue weighted by Gasteiger charge is 2.31. The highest BCUT2D eigenvalue weighted by atomic mass is 16.6. The standard InChI is InChI=1S/C16H29N3O3/c1-16(2,3)22-15(21)19-12-8-7-11(10-12)18-13-6-4-5-9-17-14(13)20/h11-13,18H,4-10H2,1-3H3,(H,17,20)(H,19,21). The summed E-state index contributed by atoms with van der Waals surface area (Å²) in [6.07, 6.45) is 5.41. The Morgan fingerprint density at radius 2 is 1.91 bits per heavy atom. The molecule has 0 aromatic heterocycles. The van der Waals surface area contributed by atoms with Gasteiger partial charge in [-0.15, -0.1) is 0 Å². The number of hydrogen-bond acceptors (Lipinski definition) is 4. The van der Waals surface area contributed by atoms with E-state index in [1.54, 1.807) is 0 Å². The molecule has 0 radical (unpaired) electrons. The summed E-state index contributed by atoms with van der Waals surface area (Å²) in [5.41, 5.74) is -0.473. The van der Waals surface area contributed by atoms with Crippen molar-refractivity contribution >= 4 is 12.0 Å². The van der Waals surface area contributed by atoms with Gasteiger partial charge in [0.05, 0.1) is 6.04 Å². The van der Waals surface area contributed by atoms with Crippen molar-refractivity contribution in [2.24, 2.45) is 0 Å². The fourth-order valence-corrected chi connectivity index (χ4v) is 3.12. The number of rotatable bonds is 3. The Morgan fingerprint density at radius 3 is 2.64 bits per heavy atom. The number of nitrogens with one attached hydrogen (secondary N) is 3. The van der Waals surface area contributed by atoms with E-state index < -0.39 is 5.60 Å². The maximum absolute atomic E-state index is 12.0. The van der Waals surface area contributed by atoms with Gasteiger partial charge in [-0.1, -0.05) is 0 Å². The summed E-state index contributed by atoms with van der Waals surface area (Å²) in [6.45, 7) is 6.35. The molecule has 0 spiro atoms. The summed E-state index contributed by atoms with van der Waals surface area (Å²) in [4.78, 5) is 23.7. The summed E-state index contributed by atoms with van der Waals surface area (Å²) in [6, 6.07) is 0.322. The number of hydrogen-bond donors (Lipinski definition) is 3. The van der Waals surface area contributed by atoms with Crippen molar-refractivity contribution < 1.29 is 14.3 Å². The fraction of sp³-hybridized carbons (Fsp3) is 0.875. The van der Waals surface area contributed by atoms with Crippen molar-refractivity contribution in [3.63, 3.8) is 0 Å². The van der Waals surface area contributed by atoms with Crippen molar-refractivity contribution in [1.29, 1.82) is 0 Å². The number of ether oxygens (including phenoxy) is 1. The average Bonchev–Trinajstić information content (AvgIpc) is 2.71. The molecule has 2 fully saturated rings. The lowest BCUT2D eigenvalue weighted by Gasteiger charge is -2.22. The van der Waals surface area contributed by atoms with Crippen LogP contribution in [0.5, 0.6) is 0 Å². The second kappa shape index (κ2) is 7.31. The molecule has 1 saturated heterocycles. The molecule has 22 heavy (non-hydrogen) atoms. The average molecular weight is 311 g/mol. The first-order chi connectivity index (χ1) is 10.3. The number of amides is 2. The predicted molar refractivity (Wildman–Crippen MR) is 84.6 cm³/mol. The van der Waals surface area contributed by atoms with Crippen LogP contribution in [0.2, 0.25) is 0 Å². The van der Waals surface area contributed by atoms with Crippen LogP contribution in [0.3, 0.4) is 0 Å². The maximum Gasteiger partial charge on any atom is 0.407 e. The van der Waals surface area contributed by atoms with Gasteiger partial charge in [-0.25, -0.2) is 4.79 Å². The highest BCUT2D eigenvalue weighted by molar-refractivity contribution is 5.81. The van der Waals surface area contributed by atoms with Crippen molar-refractivity contribution in [1.82, 2.24) is 16.0 Å². The lowest BCUT2D eigenvalue weighted by Crippen LogP contribution is -2.47. The maximum atomic E-state index is 12.0. The quantitative estimate of drug-likeness (QED) is 0.741. The smallest absolute Gasteiger partial charge is 0.407 e. The molecule has 6 nitrogen and oxygen atoms in total. The third-order valence-electron chi connectivity index (χ3n) is 4.13. The van der Waals surface area contributed by atoms with Gasteiger partial charge in [0, 0.05) is 18.6 Å². The van der Waals surface area contributed by atoms with Crippen LogP contribution in [0.25, 0.3) is 0 Å². The van der Waals surface area contributed by atoms with Crippen molar-refractivity contribution in [3.05, 3.63) is 0 Å². The van der Waals surface area contributed by atoms with Crippen LogP contribution < -0.4 is 16.0 Å². The molecule has 0 bridgehead atoms. The Kier molecular flexibility index (Phi) is 5.67. The van der Waals surface area contributed by atoms with E-state index in [-0.39, 0.29) is 30.1 Å². The molecule has 3 unspecified atom stereocenters. The van der Waals surface area contributed by atoms with E-state index in [1.807, 2.05) is 20.8 Å². The minimum absolute atomic E-state index is 0.0900. The fourth-order valence-electron chi connectivity index (χ4n) is 3.12. The molecule has 1 saturated carbocycles. The molecule has 1 heterocycles. The Balaban J connectivity index is 1.75. The van der Waals surface area contributed by atoms with E-state index >= 15 is 0 Å². The van der Waals surface area contributed by atoms with Crippen molar-refractivity contribution in [3.8, 4) is 0 Å². The summed E-state index contributed by atoms with van der Waals surface area (Å²) >= 11 is 0. The molecule has 1 aliphatic carbocycles. The lowest BCUT2D eigenvalue weighted by molar-refractivity contribution is -0.123. The van der Waals surface area contributed by atoms with Gasteiger partial charge in [0.15, 0.2) is 0 Å². The van der Waals surface area contributed by atoms with Gasteiger partial charge in [0.2, 0.25) is 5.91 Å². The second-order valence-corrected chi connectivity index (χ2v) is 7.36. The molecule has 0 aromatic rings. The van der Waals surface area contributed by atoms with Crippen LogP contribution in [0, 0.1) is 0 Å². The van der Waals surface area contributed by atoms with E-state index in [0.29, 0.717) is 0 Å². The molecule has 126 valence electrons. The van der Waals surface area contributed by atoms with Crippen LogP contribution in [0.1, 0.15) is 59.3 Å². The summed E-state index contributed by atoms with van der Waals surface area (Å²) in [5.74, 6) is 0.112. The monoisotopic (exact) mass is 311 g/mol. The molecule has 2 amide bonds. The van der Waals surface area contributed by atoms with Crippen molar-refractivity contribution in [2.75, 3.05) is 6.54 Å². The minimum atomic E-state index is -0.473. The molecule has 1 aliphatic heterocycles. The first-order valence-corrected chi connectivity index (χ1v) is 8.37. The van der Waals surface area contributed by atoms with E-state index in [2.05, 4.69) is 16.0 Å². The van der Waals surface area contributed by atoms with Gasteiger partial charge in [-0.05, 0) is 59.3 Å². The molecule has 2 aliphatic rings. The van der Waals surface area contributed by atoms with Crippen LogP contribution in [0.4, 0.5) is 4.79 Å². The largest absolute Gasteiger partial charge is 0.444 e. The van der Waals surface area contributed by atoms with Crippen LogP contribution >= 0.6 is 0 Å². The summed E-state index contributed by atoms with van der Waals surface area (Å²) in [5, 5.41) is 9.33. The number of alkyl carbamates (subject to hydrolysis) is 1. The lowest BCUT2D eigenvalue weighted by atomic mass is 10.1. The zero-order chi connectivity index (χ0) is 16.2. The minimum Gasteiger partial charge on any atom is -0.444 e. The van der Waals surface area contributed by atoms with Gasteiger partial charge in [-0.2, -0.15) is 0 Å². The van der Waals surface area contributed by atoms with Crippen LogP contribution in [-0.4, -0.2) is 42.3 Å². The predicted octanol–water partition coefficient (Wildman–Crippen LogP) is 1.69. The normalized spacial score (nSPS) is 29.6. The SMILES string of the molecule is CC(C)(C)OC(=O)NC1CCC(NC2CCCCNC2=O)C1. The summed E-state index contributed by atoms with van der Waals surface area (Å²) < 4.78 is 5.28. The third-order valence-corrected chi connectivity index (χ3v) is 4.13. The molecular formula is C16H29N3O3. The first-order valence-electron chi connectivity index (χ1n) is 8.37. The van der Waals surface area contributed by atoms with E-state index in [0.717, 1.165) is 45.1 Å². The Morgan fingerprint density at radius 1 is 1.18 bits per heavy atom. The van der Waals surface area contributed by atoms with Crippen LogP contribution in [0.15, 0.2) is 0 Å². The topological polar surface area (TPSA) is 79.5 Å². The van der Waals surface area contributed by atoms with Gasteiger partial charge in [0.1, 0.15) is 5.60 Å². The molecule has 0 aromatic carbocycles. The molecule has 2 rings (SSSR count). The molecular weight excluding hydrogens is 282 g/mol. The Labute approximate surface area is 132 Å². The molecule has 6 heteroatoms. The van der Waals surface area contributed by atoms with Gasteiger partial charge >= 0.3 is 6.09 Å². The number of carbonyl (C=O) groups is 2. The van der Waals surface area contributed by atoms with Gasteiger partial charge in [-0.3, -0.25) is 4.79 Å². The summed E-state index contributed by atoms with van der Waals surface area (Å²) in [7, 11) is 0. The molecule has 3 atom stereocenters. The second-order valence-electron chi connectivity index (χ2n) is 7.36. The zero-order valence-corrected chi connectivity index (χ0v) is 13.9. The third kappa shape index (κ3) is 5.48. The van der Waals surface area contributed by atoms with E-state index in [1.165, 1.54) is 0 Å². The van der Waals surface area contributed by atoms with E-state index in [4.69, 9.17) is 4.74 Å². The Bertz CT molecular complexity index is 406. The van der Waals surface area contributed by atoms with Crippen molar-refractivity contribution in [2.45, 2.75) is 83.0 Å². The molecule has 3 N–H and O–H groups in total. The van der Waals surface area contributed by atoms with Crippen LogP contribution in [-0.2, 0) is 9.53 Å². The van der Waals surface area contributed by atoms with E-state index in [9.17, 15) is 9.59 Å². The Hall–Kier alpha value is -1.30. The van der Waals surface area contributed by atoms with Gasteiger partial charge < -0.3 is 20.7 Å². The number of carbonyl (C=O) groups excluding carboxylic acids is 2. The first kappa shape index (κ1) is 17.1. The zero-order valence-electron chi connectivity index (χ0n) is 13.9. The highest BCUT2D eigenvalue weighted by Crippen LogP contribution is 2.21. The van der Waals surface area contributed by atoms with Gasteiger partial charge in [0.25, 0.3) is 0 Å².